The Labute approximate surface area is 103 Å². The average molecular weight is 243 g/mol. The van der Waals surface area contributed by atoms with E-state index in [1.807, 2.05) is 24.4 Å². The number of hydrogen-bond acceptors (Lipinski definition) is 5. The molecular formula is C11H13N7. The van der Waals surface area contributed by atoms with Crippen LogP contribution in [0.25, 0.3) is 5.65 Å². The second-order valence-corrected chi connectivity index (χ2v) is 4.06. The lowest BCUT2D eigenvalue weighted by molar-refractivity contribution is 0.803. The van der Waals surface area contributed by atoms with Crippen LogP contribution in [0.3, 0.4) is 0 Å². The van der Waals surface area contributed by atoms with Crippen molar-refractivity contribution in [2.45, 2.75) is 19.9 Å². The van der Waals surface area contributed by atoms with E-state index in [0.29, 0.717) is 11.5 Å². The van der Waals surface area contributed by atoms with Gasteiger partial charge < -0.3 is 10.3 Å². The second kappa shape index (κ2) is 4.10. The molecule has 0 aliphatic rings. The van der Waals surface area contributed by atoms with E-state index in [2.05, 4.69) is 30.5 Å². The van der Waals surface area contributed by atoms with E-state index in [1.165, 1.54) is 0 Å². The number of anilines is 1. The number of nitrogens with one attached hydrogen (secondary N) is 2. The van der Waals surface area contributed by atoms with Crippen molar-refractivity contribution < 1.29 is 0 Å². The molecule has 1 unspecified atom stereocenters. The zero-order valence-electron chi connectivity index (χ0n) is 10.1. The Balaban J connectivity index is 1.95. The number of imidazole rings is 1. The predicted octanol–water partition coefficient (Wildman–Crippen LogP) is 1.33. The zero-order valence-corrected chi connectivity index (χ0v) is 10.1. The van der Waals surface area contributed by atoms with Gasteiger partial charge in [0, 0.05) is 24.8 Å². The summed E-state index contributed by atoms with van der Waals surface area (Å²) in [5, 5.41) is 11.4. The van der Waals surface area contributed by atoms with Gasteiger partial charge in [0.25, 0.3) is 0 Å². The van der Waals surface area contributed by atoms with Crippen LogP contribution in [-0.2, 0) is 0 Å². The summed E-state index contributed by atoms with van der Waals surface area (Å²) in [6.45, 7) is 3.91. The summed E-state index contributed by atoms with van der Waals surface area (Å²) in [5.74, 6) is 2.39. The maximum Gasteiger partial charge on any atom is 0.203 e. The van der Waals surface area contributed by atoms with E-state index in [-0.39, 0.29) is 6.04 Å². The molecule has 3 heterocycles. The smallest absolute Gasteiger partial charge is 0.203 e. The maximum atomic E-state index is 4.29. The van der Waals surface area contributed by atoms with E-state index in [4.69, 9.17) is 0 Å². The van der Waals surface area contributed by atoms with Crippen molar-refractivity contribution >= 4 is 11.5 Å². The molecule has 0 aliphatic carbocycles. The van der Waals surface area contributed by atoms with Crippen molar-refractivity contribution in [3.05, 3.63) is 36.4 Å². The molecule has 0 aliphatic heterocycles. The van der Waals surface area contributed by atoms with E-state index in [0.717, 1.165) is 11.6 Å². The van der Waals surface area contributed by atoms with E-state index in [9.17, 15) is 0 Å². The van der Waals surface area contributed by atoms with Crippen LogP contribution in [0.2, 0.25) is 0 Å². The summed E-state index contributed by atoms with van der Waals surface area (Å²) >= 11 is 0. The quantitative estimate of drug-likeness (QED) is 0.725. The highest BCUT2D eigenvalue weighted by atomic mass is 15.3. The predicted molar refractivity (Wildman–Crippen MR) is 66.1 cm³/mol. The van der Waals surface area contributed by atoms with Crippen LogP contribution in [-0.4, -0.2) is 29.5 Å². The molecule has 0 radical (unpaired) electrons. The number of aryl methyl sites for hydroxylation is 1. The Morgan fingerprint density at radius 2 is 2.17 bits per heavy atom. The SMILES string of the molecule is Cc1nnc2c(NC(C)c3ncc[nH]3)nccn12. The number of nitrogens with zero attached hydrogens (tertiary/aromatic N) is 5. The molecule has 0 fully saturated rings. The molecule has 7 heteroatoms. The molecule has 0 saturated carbocycles. The molecular weight excluding hydrogens is 230 g/mol. The van der Waals surface area contributed by atoms with Crippen LogP contribution in [0.4, 0.5) is 5.82 Å². The topological polar surface area (TPSA) is 83.8 Å². The third-order valence-electron chi connectivity index (χ3n) is 2.78. The van der Waals surface area contributed by atoms with Crippen LogP contribution in [0.5, 0.6) is 0 Å². The molecule has 18 heavy (non-hydrogen) atoms. The minimum atomic E-state index is 0.0238. The molecule has 2 N–H and O–H groups in total. The number of aromatic nitrogens is 6. The molecule has 92 valence electrons. The number of fused-ring (bicyclic) bond motifs is 1. The first kappa shape index (κ1) is 10.7. The molecule has 7 nitrogen and oxygen atoms in total. The third-order valence-corrected chi connectivity index (χ3v) is 2.78. The van der Waals surface area contributed by atoms with Crippen LogP contribution in [0.1, 0.15) is 24.6 Å². The van der Waals surface area contributed by atoms with Crippen molar-refractivity contribution in [2.24, 2.45) is 0 Å². The Hall–Kier alpha value is -2.44. The van der Waals surface area contributed by atoms with Gasteiger partial charge in [0.15, 0.2) is 5.82 Å². The van der Waals surface area contributed by atoms with Crippen molar-refractivity contribution in [2.75, 3.05) is 5.32 Å². The fraction of sp³-hybridized carbons (Fsp3) is 0.273. The first-order valence-corrected chi connectivity index (χ1v) is 5.68. The molecule has 0 saturated heterocycles. The van der Waals surface area contributed by atoms with E-state index < -0.39 is 0 Å². The van der Waals surface area contributed by atoms with Gasteiger partial charge in [0.1, 0.15) is 11.6 Å². The lowest BCUT2D eigenvalue weighted by atomic mass is 10.3. The third kappa shape index (κ3) is 1.69. The molecule has 3 aromatic heterocycles. The number of H-pyrrole nitrogens is 1. The largest absolute Gasteiger partial charge is 0.357 e. The molecule has 0 bridgehead atoms. The molecule has 3 rings (SSSR count). The number of rotatable bonds is 3. The van der Waals surface area contributed by atoms with Gasteiger partial charge in [-0.1, -0.05) is 0 Å². The van der Waals surface area contributed by atoms with Gasteiger partial charge in [0.05, 0.1) is 6.04 Å². The summed E-state index contributed by atoms with van der Waals surface area (Å²) in [4.78, 5) is 11.6. The van der Waals surface area contributed by atoms with Crippen molar-refractivity contribution in [1.82, 2.24) is 29.5 Å². The van der Waals surface area contributed by atoms with Crippen molar-refractivity contribution in [3.8, 4) is 0 Å². The Kier molecular flexibility index (Phi) is 2.44. The van der Waals surface area contributed by atoms with Gasteiger partial charge in [-0.3, -0.25) is 4.40 Å². The maximum absolute atomic E-state index is 4.29. The van der Waals surface area contributed by atoms with Gasteiger partial charge >= 0.3 is 0 Å². The van der Waals surface area contributed by atoms with Crippen LogP contribution in [0, 0.1) is 6.92 Å². The first-order chi connectivity index (χ1) is 8.75. The fourth-order valence-corrected chi connectivity index (χ4v) is 1.83. The highest BCUT2D eigenvalue weighted by Crippen LogP contribution is 2.18. The summed E-state index contributed by atoms with van der Waals surface area (Å²) in [6.07, 6.45) is 7.08. The lowest BCUT2D eigenvalue weighted by Crippen LogP contribution is -2.10. The summed E-state index contributed by atoms with van der Waals surface area (Å²) in [6, 6.07) is 0.0238. The lowest BCUT2D eigenvalue weighted by Gasteiger charge is -2.12. The summed E-state index contributed by atoms with van der Waals surface area (Å²) in [7, 11) is 0. The van der Waals surface area contributed by atoms with Gasteiger partial charge in [0.2, 0.25) is 5.65 Å². The highest BCUT2D eigenvalue weighted by molar-refractivity contribution is 5.62. The molecule has 0 aromatic carbocycles. The Bertz CT molecular complexity index is 655. The van der Waals surface area contributed by atoms with Gasteiger partial charge in [-0.2, -0.15) is 0 Å². The fourth-order valence-electron chi connectivity index (χ4n) is 1.83. The number of hydrogen-bond donors (Lipinski definition) is 2. The summed E-state index contributed by atoms with van der Waals surface area (Å²) < 4.78 is 1.89. The van der Waals surface area contributed by atoms with Crippen LogP contribution >= 0.6 is 0 Å². The molecule has 3 aromatic rings. The Morgan fingerprint density at radius 1 is 1.28 bits per heavy atom. The molecule has 1 atom stereocenters. The molecule has 0 amide bonds. The second-order valence-electron chi connectivity index (χ2n) is 4.06. The van der Waals surface area contributed by atoms with Crippen molar-refractivity contribution in [1.29, 1.82) is 0 Å². The van der Waals surface area contributed by atoms with Gasteiger partial charge in [-0.05, 0) is 13.8 Å². The monoisotopic (exact) mass is 243 g/mol. The minimum absolute atomic E-state index is 0.0238. The number of aromatic amines is 1. The van der Waals surface area contributed by atoms with Gasteiger partial charge in [-0.25, -0.2) is 9.97 Å². The zero-order chi connectivity index (χ0) is 12.5. The van der Waals surface area contributed by atoms with Crippen LogP contribution in [0.15, 0.2) is 24.8 Å². The average Bonchev–Trinajstić information content (AvgIpc) is 3.00. The Morgan fingerprint density at radius 3 is 2.94 bits per heavy atom. The first-order valence-electron chi connectivity index (χ1n) is 5.68. The summed E-state index contributed by atoms with van der Waals surface area (Å²) in [5.41, 5.74) is 0.716. The normalized spacial score (nSPS) is 12.8. The van der Waals surface area contributed by atoms with Crippen LogP contribution < -0.4 is 5.32 Å². The standard InChI is InChI=1S/C11H13N7/c1-7(9-12-3-4-13-9)15-10-11-17-16-8(2)18(11)6-5-14-10/h3-7H,1-2H3,(H,12,13)(H,14,15). The minimum Gasteiger partial charge on any atom is -0.357 e. The van der Waals surface area contributed by atoms with E-state index in [1.54, 1.807) is 18.6 Å². The molecule has 0 spiro atoms. The van der Waals surface area contributed by atoms with E-state index >= 15 is 0 Å². The van der Waals surface area contributed by atoms with Gasteiger partial charge in [-0.15, -0.1) is 10.2 Å². The highest BCUT2D eigenvalue weighted by Gasteiger charge is 2.12. The van der Waals surface area contributed by atoms with Crippen molar-refractivity contribution in [3.63, 3.8) is 0 Å².